The molecule has 0 bridgehead atoms. The van der Waals surface area contributed by atoms with Crippen LogP contribution >= 0.6 is 11.3 Å². The highest BCUT2D eigenvalue weighted by atomic mass is 32.1. The SMILES string of the molecule is OC(CN1CCN(c2nn3cc(-c4ccc(F)cc4)nc3s2)CC1)c1ccccc1. The first-order chi connectivity index (χ1) is 14.7. The lowest BCUT2D eigenvalue weighted by atomic mass is 10.1. The molecule has 1 unspecified atom stereocenters. The number of hydrogen-bond acceptors (Lipinski definition) is 6. The van der Waals surface area contributed by atoms with Crippen molar-refractivity contribution in [2.75, 3.05) is 37.6 Å². The van der Waals surface area contributed by atoms with Gasteiger partial charge in [0.1, 0.15) is 5.82 Å². The van der Waals surface area contributed by atoms with E-state index in [2.05, 4.69) is 14.8 Å². The molecule has 8 heteroatoms. The third kappa shape index (κ3) is 3.94. The molecule has 0 amide bonds. The summed E-state index contributed by atoms with van der Waals surface area (Å²) in [5.41, 5.74) is 2.62. The first kappa shape index (κ1) is 19.2. The molecule has 2 aromatic carbocycles. The summed E-state index contributed by atoms with van der Waals surface area (Å²) in [6.45, 7) is 4.13. The Labute approximate surface area is 177 Å². The number of aromatic nitrogens is 3. The van der Waals surface area contributed by atoms with Gasteiger partial charge >= 0.3 is 0 Å². The number of hydrogen-bond donors (Lipinski definition) is 1. The van der Waals surface area contributed by atoms with E-state index in [4.69, 9.17) is 5.10 Å². The fraction of sp³-hybridized carbons (Fsp3) is 0.273. The van der Waals surface area contributed by atoms with E-state index in [0.717, 1.165) is 53.1 Å². The summed E-state index contributed by atoms with van der Waals surface area (Å²) < 4.78 is 14.9. The van der Waals surface area contributed by atoms with E-state index in [9.17, 15) is 9.50 Å². The summed E-state index contributed by atoms with van der Waals surface area (Å²) >= 11 is 1.56. The van der Waals surface area contributed by atoms with E-state index >= 15 is 0 Å². The highest BCUT2D eigenvalue weighted by Gasteiger charge is 2.22. The first-order valence-corrected chi connectivity index (χ1v) is 10.8. The van der Waals surface area contributed by atoms with E-state index in [0.29, 0.717) is 6.54 Å². The van der Waals surface area contributed by atoms with Gasteiger partial charge in [0, 0.05) is 38.3 Å². The summed E-state index contributed by atoms with van der Waals surface area (Å²) in [6.07, 6.45) is 1.42. The molecule has 1 saturated heterocycles. The van der Waals surface area contributed by atoms with Crippen LogP contribution in [-0.4, -0.2) is 57.3 Å². The average molecular weight is 424 g/mol. The molecule has 1 aliphatic rings. The summed E-state index contributed by atoms with van der Waals surface area (Å²) in [6, 6.07) is 16.1. The molecule has 1 atom stereocenters. The molecule has 4 aromatic rings. The van der Waals surface area contributed by atoms with E-state index in [1.165, 1.54) is 12.1 Å². The van der Waals surface area contributed by atoms with E-state index < -0.39 is 6.10 Å². The van der Waals surface area contributed by atoms with Gasteiger partial charge in [-0.1, -0.05) is 41.7 Å². The zero-order chi connectivity index (χ0) is 20.5. The van der Waals surface area contributed by atoms with Gasteiger partial charge in [-0.05, 0) is 29.8 Å². The summed E-state index contributed by atoms with van der Waals surface area (Å²) in [4.78, 5) is 10.0. The van der Waals surface area contributed by atoms with Crippen LogP contribution in [0.1, 0.15) is 11.7 Å². The van der Waals surface area contributed by atoms with Crippen LogP contribution in [0.5, 0.6) is 0 Å². The second-order valence-electron chi connectivity index (χ2n) is 7.46. The maximum atomic E-state index is 13.1. The maximum absolute atomic E-state index is 13.1. The van der Waals surface area contributed by atoms with Crippen LogP contribution in [0, 0.1) is 5.82 Å². The third-order valence-corrected chi connectivity index (χ3v) is 6.41. The van der Waals surface area contributed by atoms with Gasteiger partial charge in [0.05, 0.1) is 18.0 Å². The molecule has 5 rings (SSSR count). The molecular formula is C22H22FN5OS. The summed E-state index contributed by atoms with van der Waals surface area (Å²) in [5, 5.41) is 16.1. The Morgan fingerprint density at radius 2 is 1.73 bits per heavy atom. The molecule has 154 valence electrons. The summed E-state index contributed by atoms with van der Waals surface area (Å²) in [5.74, 6) is -0.254. The Morgan fingerprint density at radius 3 is 2.43 bits per heavy atom. The number of aliphatic hydroxyl groups is 1. The molecule has 1 fully saturated rings. The Morgan fingerprint density at radius 1 is 1.00 bits per heavy atom. The minimum atomic E-state index is -0.467. The van der Waals surface area contributed by atoms with E-state index in [1.807, 2.05) is 36.5 Å². The van der Waals surface area contributed by atoms with Gasteiger partial charge in [0.2, 0.25) is 10.1 Å². The second kappa shape index (κ2) is 8.14. The topological polar surface area (TPSA) is 56.9 Å². The molecule has 0 aliphatic carbocycles. The minimum Gasteiger partial charge on any atom is -0.387 e. The van der Waals surface area contributed by atoms with Crippen molar-refractivity contribution < 1.29 is 9.50 Å². The molecule has 6 nitrogen and oxygen atoms in total. The number of halogens is 1. The van der Waals surface area contributed by atoms with Crippen LogP contribution in [-0.2, 0) is 0 Å². The molecule has 1 N–H and O–H groups in total. The van der Waals surface area contributed by atoms with Crippen molar-refractivity contribution in [3.63, 3.8) is 0 Å². The van der Waals surface area contributed by atoms with Crippen molar-refractivity contribution in [1.29, 1.82) is 0 Å². The molecule has 0 radical (unpaired) electrons. The lowest BCUT2D eigenvalue weighted by molar-refractivity contribution is 0.109. The van der Waals surface area contributed by atoms with Crippen molar-refractivity contribution >= 4 is 21.4 Å². The van der Waals surface area contributed by atoms with Gasteiger partial charge < -0.3 is 10.0 Å². The van der Waals surface area contributed by atoms with Crippen molar-refractivity contribution in [2.24, 2.45) is 0 Å². The van der Waals surface area contributed by atoms with Crippen LogP contribution in [0.15, 0.2) is 60.8 Å². The van der Waals surface area contributed by atoms with Gasteiger partial charge in [-0.25, -0.2) is 13.9 Å². The molecule has 1 aliphatic heterocycles. The fourth-order valence-electron chi connectivity index (χ4n) is 3.72. The molecule has 30 heavy (non-hydrogen) atoms. The van der Waals surface area contributed by atoms with Gasteiger partial charge in [-0.15, -0.1) is 5.10 Å². The van der Waals surface area contributed by atoms with E-state index in [-0.39, 0.29) is 5.82 Å². The smallest absolute Gasteiger partial charge is 0.214 e. The molecule has 0 spiro atoms. The lowest BCUT2D eigenvalue weighted by Crippen LogP contribution is -2.47. The molecule has 2 aromatic heterocycles. The van der Waals surface area contributed by atoms with Crippen molar-refractivity contribution in [1.82, 2.24) is 19.5 Å². The van der Waals surface area contributed by atoms with Crippen LogP contribution in [0.3, 0.4) is 0 Å². The number of imidazole rings is 1. The number of rotatable bonds is 5. The number of anilines is 1. The molecular weight excluding hydrogens is 401 g/mol. The van der Waals surface area contributed by atoms with Gasteiger partial charge in [-0.2, -0.15) is 0 Å². The number of aliphatic hydroxyl groups excluding tert-OH is 1. The lowest BCUT2D eigenvalue weighted by Gasteiger charge is -2.35. The van der Waals surface area contributed by atoms with Gasteiger partial charge in [-0.3, -0.25) is 4.90 Å². The number of nitrogens with zero attached hydrogens (tertiary/aromatic N) is 5. The quantitative estimate of drug-likeness (QED) is 0.533. The highest BCUT2D eigenvalue weighted by molar-refractivity contribution is 7.20. The van der Waals surface area contributed by atoms with E-state index in [1.54, 1.807) is 28.0 Å². The fourth-order valence-corrected chi connectivity index (χ4v) is 4.66. The maximum Gasteiger partial charge on any atom is 0.214 e. The van der Waals surface area contributed by atoms with Crippen LogP contribution in [0.4, 0.5) is 9.52 Å². The van der Waals surface area contributed by atoms with Crippen LogP contribution in [0.25, 0.3) is 16.2 Å². The molecule has 0 saturated carbocycles. The van der Waals surface area contributed by atoms with Crippen LogP contribution < -0.4 is 4.90 Å². The average Bonchev–Trinajstić information content (AvgIpc) is 3.35. The van der Waals surface area contributed by atoms with Gasteiger partial charge in [0.15, 0.2) is 0 Å². The third-order valence-electron chi connectivity index (χ3n) is 5.43. The number of piperazine rings is 1. The number of benzene rings is 2. The van der Waals surface area contributed by atoms with Crippen molar-refractivity contribution in [3.8, 4) is 11.3 Å². The monoisotopic (exact) mass is 423 g/mol. The Kier molecular flexibility index (Phi) is 5.20. The predicted octanol–water partition coefficient (Wildman–Crippen LogP) is 3.45. The van der Waals surface area contributed by atoms with Crippen molar-refractivity contribution in [3.05, 3.63) is 72.2 Å². The minimum absolute atomic E-state index is 0.254. The predicted molar refractivity (Wildman–Crippen MR) is 116 cm³/mol. The Hall–Kier alpha value is -2.81. The standard InChI is InChI=1S/C22H22FN5OS/c23-18-8-6-16(7-9-18)19-14-28-21(24-19)30-22(25-28)27-12-10-26(11-13-27)15-20(29)17-4-2-1-3-5-17/h1-9,14,20,29H,10-13,15H2. The first-order valence-electron chi connectivity index (χ1n) is 9.98. The van der Waals surface area contributed by atoms with Crippen molar-refractivity contribution in [2.45, 2.75) is 6.10 Å². The zero-order valence-electron chi connectivity index (χ0n) is 16.4. The highest BCUT2D eigenvalue weighted by Crippen LogP contribution is 2.27. The number of fused-ring (bicyclic) bond motifs is 1. The number of β-amino-alcohol motifs (C(OH)–C–C–N with tert-alkyl or cyclic N) is 1. The zero-order valence-corrected chi connectivity index (χ0v) is 17.2. The van der Waals surface area contributed by atoms with Gasteiger partial charge in [0.25, 0.3) is 0 Å². The second-order valence-corrected chi connectivity index (χ2v) is 8.39. The normalized spacial score (nSPS) is 16.3. The Balaban J connectivity index is 1.22. The Bertz CT molecular complexity index is 1090. The van der Waals surface area contributed by atoms with Crippen LogP contribution in [0.2, 0.25) is 0 Å². The largest absolute Gasteiger partial charge is 0.387 e. The molecule has 3 heterocycles. The summed E-state index contributed by atoms with van der Waals surface area (Å²) in [7, 11) is 0.